The van der Waals surface area contributed by atoms with Crippen molar-refractivity contribution in [2.45, 2.75) is 13.0 Å². The lowest BCUT2D eigenvalue weighted by molar-refractivity contribution is 0.293. The average Bonchev–Trinajstić information content (AvgIpc) is 2.38. The number of nitrogens with one attached hydrogen (secondary N) is 3. The SMILES string of the molecule is CNC(C)c1ccc(NCCNCCO)cc1. The van der Waals surface area contributed by atoms with E-state index in [1.54, 1.807) is 0 Å². The van der Waals surface area contributed by atoms with Crippen LogP contribution in [0.15, 0.2) is 24.3 Å². The van der Waals surface area contributed by atoms with Crippen LogP contribution in [0, 0.1) is 0 Å². The first-order valence-electron chi connectivity index (χ1n) is 6.10. The summed E-state index contributed by atoms with van der Waals surface area (Å²) in [6.07, 6.45) is 0. The largest absolute Gasteiger partial charge is 0.395 e. The molecule has 0 radical (unpaired) electrons. The van der Waals surface area contributed by atoms with Crippen LogP contribution in [0.4, 0.5) is 5.69 Å². The Bertz CT molecular complexity index is 300. The molecule has 1 aromatic rings. The summed E-state index contributed by atoms with van der Waals surface area (Å²) < 4.78 is 0. The molecular formula is C13H23N3O. The lowest BCUT2D eigenvalue weighted by Crippen LogP contribution is -2.24. The summed E-state index contributed by atoms with van der Waals surface area (Å²) >= 11 is 0. The van der Waals surface area contributed by atoms with Crippen LogP contribution >= 0.6 is 0 Å². The molecule has 0 aliphatic rings. The second kappa shape index (κ2) is 8.06. The van der Waals surface area contributed by atoms with E-state index in [0.717, 1.165) is 18.8 Å². The first-order chi connectivity index (χ1) is 8.27. The molecule has 1 rings (SSSR count). The van der Waals surface area contributed by atoms with E-state index in [1.807, 2.05) is 7.05 Å². The monoisotopic (exact) mass is 237 g/mol. The minimum absolute atomic E-state index is 0.191. The van der Waals surface area contributed by atoms with Crippen LogP contribution in [0.5, 0.6) is 0 Å². The molecule has 0 spiro atoms. The van der Waals surface area contributed by atoms with Crippen LogP contribution in [0.2, 0.25) is 0 Å². The smallest absolute Gasteiger partial charge is 0.0555 e. The van der Waals surface area contributed by atoms with Gasteiger partial charge in [-0.1, -0.05) is 12.1 Å². The zero-order valence-electron chi connectivity index (χ0n) is 10.7. The third kappa shape index (κ3) is 5.17. The Morgan fingerprint density at radius 2 is 1.82 bits per heavy atom. The van der Waals surface area contributed by atoms with E-state index in [-0.39, 0.29) is 6.61 Å². The van der Waals surface area contributed by atoms with E-state index in [1.165, 1.54) is 5.56 Å². The van der Waals surface area contributed by atoms with Crippen molar-refractivity contribution in [1.29, 1.82) is 0 Å². The molecule has 0 bridgehead atoms. The van der Waals surface area contributed by atoms with Crippen LogP contribution in [0.25, 0.3) is 0 Å². The van der Waals surface area contributed by atoms with Crippen molar-refractivity contribution in [3.8, 4) is 0 Å². The summed E-state index contributed by atoms with van der Waals surface area (Å²) in [5.74, 6) is 0. The van der Waals surface area contributed by atoms with Gasteiger partial charge in [0, 0.05) is 31.4 Å². The maximum atomic E-state index is 8.60. The molecular weight excluding hydrogens is 214 g/mol. The second-order valence-corrected chi connectivity index (χ2v) is 4.03. The van der Waals surface area contributed by atoms with Gasteiger partial charge in [-0.15, -0.1) is 0 Å². The van der Waals surface area contributed by atoms with Crippen molar-refractivity contribution in [1.82, 2.24) is 10.6 Å². The summed E-state index contributed by atoms with van der Waals surface area (Å²) in [5, 5.41) is 18.3. The van der Waals surface area contributed by atoms with E-state index < -0.39 is 0 Å². The number of rotatable bonds is 8. The number of benzene rings is 1. The van der Waals surface area contributed by atoms with Gasteiger partial charge in [-0.05, 0) is 31.7 Å². The highest BCUT2D eigenvalue weighted by atomic mass is 16.3. The lowest BCUT2D eigenvalue weighted by atomic mass is 10.1. The van der Waals surface area contributed by atoms with E-state index in [9.17, 15) is 0 Å². The first kappa shape index (κ1) is 14.0. The highest BCUT2D eigenvalue weighted by molar-refractivity contribution is 5.45. The van der Waals surface area contributed by atoms with Gasteiger partial charge in [0.15, 0.2) is 0 Å². The molecule has 0 heterocycles. The maximum absolute atomic E-state index is 8.60. The number of hydrogen-bond acceptors (Lipinski definition) is 4. The highest BCUT2D eigenvalue weighted by Gasteiger charge is 2.01. The van der Waals surface area contributed by atoms with Crippen LogP contribution in [0.1, 0.15) is 18.5 Å². The van der Waals surface area contributed by atoms with Crippen molar-refractivity contribution in [3.05, 3.63) is 29.8 Å². The van der Waals surface area contributed by atoms with Crippen molar-refractivity contribution < 1.29 is 5.11 Å². The molecule has 96 valence electrons. The summed E-state index contributed by atoms with van der Waals surface area (Å²) in [6.45, 7) is 4.70. The first-order valence-corrected chi connectivity index (χ1v) is 6.10. The number of aliphatic hydroxyl groups is 1. The molecule has 17 heavy (non-hydrogen) atoms. The molecule has 1 unspecified atom stereocenters. The molecule has 0 aromatic heterocycles. The Balaban J connectivity index is 2.30. The molecule has 4 nitrogen and oxygen atoms in total. The zero-order valence-corrected chi connectivity index (χ0v) is 10.7. The molecule has 0 fully saturated rings. The minimum Gasteiger partial charge on any atom is -0.395 e. The fourth-order valence-corrected chi connectivity index (χ4v) is 1.56. The van der Waals surface area contributed by atoms with E-state index in [2.05, 4.69) is 47.1 Å². The van der Waals surface area contributed by atoms with E-state index >= 15 is 0 Å². The van der Waals surface area contributed by atoms with Gasteiger partial charge in [0.05, 0.1) is 6.61 Å². The Hall–Kier alpha value is -1.10. The zero-order chi connectivity index (χ0) is 12.5. The Morgan fingerprint density at radius 1 is 1.12 bits per heavy atom. The Labute approximate surface area is 103 Å². The van der Waals surface area contributed by atoms with Crippen molar-refractivity contribution in [2.75, 3.05) is 38.6 Å². The van der Waals surface area contributed by atoms with Gasteiger partial charge >= 0.3 is 0 Å². The van der Waals surface area contributed by atoms with E-state index in [4.69, 9.17) is 5.11 Å². The van der Waals surface area contributed by atoms with Crippen LogP contribution in [-0.2, 0) is 0 Å². The molecule has 1 atom stereocenters. The minimum atomic E-state index is 0.191. The number of anilines is 1. The van der Waals surface area contributed by atoms with Crippen LogP contribution in [-0.4, -0.2) is 38.4 Å². The topological polar surface area (TPSA) is 56.3 Å². The Kier molecular flexibility index (Phi) is 6.62. The Morgan fingerprint density at radius 3 is 2.41 bits per heavy atom. The average molecular weight is 237 g/mol. The van der Waals surface area contributed by atoms with Gasteiger partial charge < -0.3 is 21.1 Å². The van der Waals surface area contributed by atoms with Crippen molar-refractivity contribution >= 4 is 5.69 Å². The van der Waals surface area contributed by atoms with Gasteiger partial charge in [0.1, 0.15) is 0 Å². The molecule has 0 aliphatic carbocycles. The fraction of sp³-hybridized carbons (Fsp3) is 0.538. The van der Waals surface area contributed by atoms with Gasteiger partial charge in [-0.3, -0.25) is 0 Å². The summed E-state index contributed by atoms with van der Waals surface area (Å²) in [6, 6.07) is 8.83. The van der Waals surface area contributed by atoms with Crippen molar-refractivity contribution in [3.63, 3.8) is 0 Å². The molecule has 0 saturated heterocycles. The summed E-state index contributed by atoms with van der Waals surface area (Å²) in [5.41, 5.74) is 2.42. The second-order valence-electron chi connectivity index (χ2n) is 4.03. The molecule has 1 aromatic carbocycles. The maximum Gasteiger partial charge on any atom is 0.0555 e. The standard InChI is InChI=1S/C13H23N3O/c1-11(14-2)12-3-5-13(6-4-12)16-8-7-15-9-10-17/h3-6,11,14-17H,7-10H2,1-2H3. The van der Waals surface area contributed by atoms with Gasteiger partial charge in [0.25, 0.3) is 0 Å². The van der Waals surface area contributed by atoms with Gasteiger partial charge in [-0.2, -0.15) is 0 Å². The fourth-order valence-electron chi connectivity index (χ4n) is 1.56. The molecule has 4 N–H and O–H groups in total. The summed E-state index contributed by atoms with van der Waals surface area (Å²) in [7, 11) is 1.96. The number of hydrogen-bond donors (Lipinski definition) is 4. The van der Waals surface area contributed by atoms with Gasteiger partial charge in [0.2, 0.25) is 0 Å². The predicted octanol–water partition coefficient (Wildman–Crippen LogP) is 0.961. The molecule has 0 saturated carbocycles. The van der Waals surface area contributed by atoms with Crippen molar-refractivity contribution in [2.24, 2.45) is 0 Å². The van der Waals surface area contributed by atoms with Gasteiger partial charge in [-0.25, -0.2) is 0 Å². The summed E-state index contributed by atoms with van der Waals surface area (Å²) in [4.78, 5) is 0. The normalized spacial score (nSPS) is 12.4. The lowest BCUT2D eigenvalue weighted by Gasteiger charge is -2.12. The molecule has 0 aliphatic heterocycles. The third-order valence-corrected chi connectivity index (χ3v) is 2.76. The quantitative estimate of drug-likeness (QED) is 0.509. The van der Waals surface area contributed by atoms with Crippen LogP contribution in [0.3, 0.4) is 0 Å². The molecule has 4 heteroatoms. The van der Waals surface area contributed by atoms with Crippen LogP contribution < -0.4 is 16.0 Å². The van der Waals surface area contributed by atoms with E-state index in [0.29, 0.717) is 12.6 Å². The third-order valence-electron chi connectivity index (χ3n) is 2.76. The predicted molar refractivity (Wildman–Crippen MR) is 72.4 cm³/mol. The number of aliphatic hydroxyl groups excluding tert-OH is 1. The molecule has 0 amide bonds. The highest BCUT2D eigenvalue weighted by Crippen LogP contribution is 2.15.